The molecule has 96 valence electrons. The Kier molecular flexibility index (Phi) is 2.78. The van der Waals surface area contributed by atoms with Crippen molar-refractivity contribution in [2.75, 3.05) is 20.2 Å². The number of ketones is 1. The van der Waals surface area contributed by atoms with Crippen LogP contribution in [0.15, 0.2) is 11.6 Å². The number of amides is 1. The summed E-state index contributed by atoms with van der Waals surface area (Å²) in [6, 6.07) is 1.94. The lowest BCUT2D eigenvalue weighted by atomic mass is 9.69. The third-order valence-corrected chi connectivity index (χ3v) is 3.54. The van der Waals surface area contributed by atoms with Crippen molar-refractivity contribution in [3.63, 3.8) is 0 Å². The van der Waals surface area contributed by atoms with E-state index < -0.39 is 11.0 Å². The van der Waals surface area contributed by atoms with Gasteiger partial charge in [-0.15, -0.1) is 0 Å². The summed E-state index contributed by atoms with van der Waals surface area (Å²) in [5, 5.41) is 9.05. The molecule has 5 heteroatoms. The molecule has 18 heavy (non-hydrogen) atoms. The predicted octanol–water partition coefficient (Wildman–Crippen LogP) is 0.663. The molecule has 1 aliphatic carbocycles. The van der Waals surface area contributed by atoms with Crippen LogP contribution in [0.2, 0.25) is 0 Å². The number of carbonyl (C=O) groups is 2. The number of morpholine rings is 1. The van der Waals surface area contributed by atoms with Gasteiger partial charge in [0.2, 0.25) is 5.91 Å². The first-order valence-corrected chi connectivity index (χ1v) is 5.85. The van der Waals surface area contributed by atoms with Gasteiger partial charge in [-0.2, -0.15) is 5.26 Å². The molecule has 0 aromatic heterocycles. The molecule has 2 aliphatic rings. The van der Waals surface area contributed by atoms with Gasteiger partial charge in [0.25, 0.3) is 0 Å². The third-order valence-electron chi connectivity index (χ3n) is 3.54. The Balaban J connectivity index is 2.40. The fourth-order valence-electron chi connectivity index (χ4n) is 2.70. The van der Waals surface area contributed by atoms with Crippen molar-refractivity contribution < 1.29 is 14.3 Å². The molecule has 0 aromatic rings. The molecule has 0 saturated carbocycles. The molecule has 1 heterocycles. The van der Waals surface area contributed by atoms with E-state index in [1.165, 1.54) is 0 Å². The first kappa shape index (κ1) is 12.8. The molecular formula is C13H16N2O3. The number of carbonyl (C=O) groups excluding carboxylic acids is 2. The zero-order valence-electron chi connectivity index (χ0n) is 10.8. The first-order chi connectivity index (χ1) is 8.30. The highest BCUT2D eigenvalue weighted by atomic mass is 16.5. The molecule has 5 nitrogen and oxygen atoms in total. The van der Waals surface area contributed by atoms with Gasteiger partial charge in [-0.3, -0.25) is 9.59 Å². The van der Waals surface area contributed by atoms with Crippen molar-refractivity contribution in [3.8, 4) is 6.07 Å². The molecule has 1 atom stereocenters. The highest BCUT2D eigenvalue weighted by molar-refractivity contribution is 6.04. The van der Waals surface area contributed by atoms with Gasteiger partial charge in [-0.05, 0) is 12.5 Å². The van der Waals surface area contributed by atoms with Crippen LogP contribution in [-0.4, -0.2) is 42.4 Å². The van der Waals surface area contributed by atoms with Crippen molar-refractivity contribution in [3.05, 3.63) is 11.6 Å². The molecule has 1 fully saturated rings. The van der Waals surface area contributed by atoms with Crippen LogP contribution in [0, 0.1) is 16.7 Å². The molecule has 1 unspecified atom stereocenters. The number of hydrogen-bond donors (Lipinski definition) is 0. The topological polar surface area (TPSA) is 70.4 Å². The maximum Gasteiger partial charge on any atom is 0.248 e. The predicted molar refractivity (Wildman–Crippen MR) is 63.4 cm³/mol. The maximum absolute atomic E-state index is 12.0. The Bertz CT molecular complexity index is 487. The highest BCUT2D eigenvalue weighted by Gasteiger charge is 2.48. The van der Waals surface area contributed by atoms with Crippen LogP contribution in [0.1, 0.15) is 20.3 Å². The van der Waals surface area contributed by atoms with Crippen LogP contribution in [0.25, 0.3) is 0 Å². The van der Waals surface area contributed by atoms with E-state index in [1.807, 2.05) is 6.07 Å². The van der Waals surface area contributed by atoms with E-state index >= 15 is 0 Å². The molecular weight excluding hydrogens is 232 g/mol. The Hall–Kier alpha value is -1.67. The van der Waals surface area contributed by atoms with Crippen LogP contribution in [0.5, 0.6) is 0 Å². The summed E-state index contributed by atoms with van der Waals surface area (Å²) < 4.78 is 5.63. The zero-order chi connectivity index (χ0) is 13.6. The number of likely N-dealkylation sites (N-methyl/N-ethyl adjacent to an activating group) is 1. The van der Waals surface area contributed by atoms with Gasteiger partial charge in [0.1, 0.15) is 18.3 Å². The van der Waals surface area contributed by atoms with Crippen molar-refractivity contribution in [1.29, 1.82) is 5.26 Å². The third kappa shape index (κ3) is 1.93. The molecule has 1 spiro atoms. The van der Waals surface area contributed by atoms with Gasteiger partial charge >= 0.3 is 0 Å². The van der Waals surface area contributed by atoms with Crippen molar-refractivity contribution >= 4 is 11.7 Å². The van der Waals surface area contributed by atoms with Crippen LogP contribution in [0.4, 0.5) is 0 Å². The van der Waals surface area contributed by atoms with E-state index in [2.05, 4.69) is 0 Å². The second kappa shape index (κ2) is 3.92. The SMILES string of the molecule is CN1CC2(C=C(C#N)C(=O)C(C)(C)C2)OCC1=O. The number of hydrogen-bond acceptors (Lipinski definition) is 4. The minimum atomic E-state index is -0.703. The summed E-state index contributed by atoms with van der Waals surface area (Å²) >= 11 is 0. The monoisotopic (exact) mass is 248 g/mol. The fourth-order valence-corrected chi connectivity index (χ4v) is 2.70. The van der Waals surface area contributed by atoms with E-state index in [0.29, 0.717) is 13.0 Å². The van der Waals surface area contributed by atoms with Gasteiger partial charge in [0.05, 0.1) is 12.1 Å². The summed E-state index contributed by atoms with van der Waals surface area (Å²) in [7, 11) is 1.70. The number of nitriles is 1. The molecule has 0 radical (unpaired) electrons. The maximum atomic E-state index is 12.0. The van der Waals surface area contributed by atoms with Crippen molar-refractivity contribution in [1.82, 2.24) is 4.90 Å². The number of rotatable bonds is 0. The van der Waals surface area contributed by atoms with Gasteiger partial charge < -0.3 is 9.64 Å². The number of nitrogens with zero attached hydrogens (tertiary/aromatic N) is 2. The van der Waals surface area contributed by atoms with E-state index in [-0.39, 0.29) is 23.9 Å². The fraction of sp³-hybridized carbons (Fsp3) is 0.615. The lowest BCUT2D eigenvalue weighted by Gasteiger charge is -2.45. The zero-order valence-corrected chi connectivity index (χ0v) is 10.8. The van der Waals surface area contributed by atoms with Crippen molar-refractivity contribution in [2.24, 2.45) is 5.41 Å². The molecule has 0 bridgehead atoms. The summed E-state index contributed by atoms with van der Waals surface area (Å²) in [6.07, 6.45) is 2.07. The molecule has 0 aromatic carbocycles. The molecule has 2 rings (SSSR count). The molecule has 1 saturated heterocycles. The Morgan fingerprint density at radius 2 is 2.11 bits per heavy atom. The van der Waals surface area contributed by atoms with E-state index in [4.69, 9.17) is 10.00 Å². The summed E-state index contributed by atoms with van der Waals surface area (Å²) in [6.45, 7) is 3.99. The van der Waals surface area contributed by atoms with E-state index in [0.717, 1.165) is 0 Å². The first-order valence-electron chi connectivity index (χ1n) is 5.85. The molecule has 1 amide bonds. The summed E-state index contributed by atoms with van der Waals surface area (Å²) in [4.78, 5) is 25.1. The lowest BCUT2D eigenvalue weighted by molar-refractivity contribution is -0.160. The standard InChI is InChI=1S/C13H16N2O3/c1-12(2)7-13(4-9(5-14)11(12)17)8-15(3)10(16)6-18-13/h4H,6-8H2,1-3H3. The van der Waals surface area contributed by atoms with Crippen LogP contribution >= 0.6 is 0 Å². The van der Waals surface area contributed by atoms with Crippen LogP contribution in [-0.2, 0) is 14.3 Å². The van der Waals surface area contributed by atoms with Crippen LogP contribution in [0.3, 0.4) is 0 Å². The molecule has 0 N–H and O–H groups in total. The average Bonchev–Trinajstić information content (AvgIpc) is 2.29. The minimum Gasteiger partial charge on any atom is -0.359 e. The second-order valence-electron chi connectivity index (χ2n) is 5.66. The highest BCUT2D eigenvalue weighted by Crippen LogP contribution is 2.41. The normalized spacial score (nSPS) is 31.2. The van der Waals surface area contributed by atoms with Gasteiger partial charge in [-0.25, -0.2) is 0 Å². The number of ether oxygens (including phenoxy) is 1. The van der Waals surface area contributed by atoms with Crippen molar-refractivity contribution in [2.45, 2.75) is 25.9 Å². The smallest absolute Gasteiger partial charge is 0.248 e. The van der Waals surface area contributed by atoms with E-state index in [9.17, 15) is 9.59 Å². The quantitative estimate of drug-likeness (QED) is 0.631. The lowest BCUT2D eigenvalue weighted by Crippen LogP contribution is -2.56. The van der Waals surface area contributed by atoms with Gasteiger partial charge in [-0.1, -0.05) is 13.8 Å². The summed E-state index contributed by atoms with van der Waals surface area (Å²) in [5.74, 6) is -0.235. The minimum absolute atomic E-state index is 0.00399. The second-order valence-corrected chi connectivity index (χ2v) is 5.66. The molecule has 1 aliphatic heterocycles. The number of Topliss-reactive ketones (excluding diaryl/α,β-unsaturated/α-hetero) is 1. The van der Waals surface area contributed by atoms with E-state index in [1.54, 1.807) is 31.9 Å². The summed E-state index contributed by atoms with van der Waals surface area (Å²) in [5.41, 5.74) is -1.21. The Morgan fingerprint density at radius 3 is 2.67 bits per heavy atom. The van der Waals surface area contributed by atoms with Gasteiger partial charge in [0, 0.05) is 12.5 Å². The van der Waals surface area contributed by atoms with Crippen LogP contribution < -0.4 is 0 Å². The Labute approximate surface area is 106 Å². The van der Waals surface area contributed by atoms with Gasteiger partial charge in [0.15, 0.2) is 5.78 Å². The largest absolute Gasteiger partial charge is 0.359 e. The Morgan fingerprint density at radius 1 is 1.44 bits per heavy atom. The average molecular weight is 248 g/mol. The number of allylic oxidation sites excluding steroid dienone is 1.